The monoisotopic (exact) mass is 284 g/mol. The normalized spacial score (nSPS) is 11.6. The van der Waals surface area contributed by atoms with Gasteiger partial charge in [0.1, 0.15) is 0 Å². The lowest BCUT2D eigenvalue weighted by molar-refractivity contribution is -0.138. The number of hydrogen-bond acceptors (Lipinski definition) is 1. The molecular formula is C13H17BrO2. The predicted molar refractivity (Wildman–Crippen MR) is 68.9 cm³/mol. The van der Waals surface area contributed by atoms with Gasteiger partial charge >= 0.3 is 5.97 Å². The average Bonchev–Trinajstić information content (AvgIpc) is 2.11. The van der Waals surface area contributed by atoms with Gasteiger partial charge in [-0.1, -0.05) is 41.9 Å². The lowest BCUT2D eigenvalue weighted by atomic mass is 9.79. The van der Waals surface area contributed by atoms with Gasteiger partial charge in [-0.2, -0.15) is 0 Å². The van der Waals surface area contributed by atoms with Crippen molar-refractivity contribution in [3.8, 4) is 0 Å². The predicted octanol–water partition coefficient (Wildman–Crippen LogP) is 3.82. The van der Waals surface area contributed by atoms with E-state index in [2.05, 4.69) is 15.9 Å². The molecule has 0 aliphatic rings. The molecule has 0 amide bonds. The Hall–Kier alpha value is -0.830. The Bertz CT molecular complexity index is 422. The Morgan fingerprint density at radius 1 is 1.38 bits per heavy atom. The fraction of sp³-hybridized carbons (Fsp3) is 0.462. The molecule has 0 aromatic heterocycles. The minimum atomic E-state index is -0.763. The van der Waals surface area contributed by atoms with E-state index in [0.29, 0.717) is 0 Å². The SMILES string of the molecule is Cc1ccc(C(C)(C)CC(=O)O)c(C)c1Br. The molecule has 0 saturated heterocycles. The van der Waals surface area contributed by atoms with Gasteiger partial charge in [0.25, 0.3) is 0 Å². The Labute approximate surface area is 105 Å². The Kier molecular flexibility index (Phi) is 3.79. The van der Waals surface area contributed by atoms with Crippen molar-refractivity contribution in [3.63, 3.8) is 0 Å². The molecule has 0 heterocycles. The summed E-state index contributed by atoms with van der Waals surface area (Å²) in [6, 6.07) is 4.05. The van der Waals surface area contributed by atoms with Gasteiger partial charge in [0, 0.05) is 9.89 Å². The molecular weight excluding hydrogens is 268 g/mol. The molecule has 0 radical (unpaired) electrons. The largest absolute Gasteiger partial charge is 0.481 e. The number of halogens is 1. The van der Waals surface area contributed by atoms with E-state index in [-0.39, 0.29) is 11.8 Å². The fourth-order valence-electron chi connectivity index (χ4n) is 2.03. The van der Waals surface area contributed by atoms with Crippen LogP contribution in [0.25, 0.3) is 0 Å². The van der Waals surface area contributed by atoms with Crippen molar-refractivity contribution in [1.29, 1.82) is 0 Å². The summed E-state index contributed by atoms with van der Waals surface area (Å²) in [5, 5.41) is 8.91. The van der Waals surface area contributed by atoms with Crippen LogP contribution in [0.2, 0.25) is 0 Å². The minimum Gasteiger partial charge on any atom is -0.481 e. The zero-order valence-corrected chi connectivity index (χ0v) is 11.7. The van der Waals surface area contributed by atoms with Crippen LogP contribution in [-0.2, 0) is 10.2 Å². The second kappa shape index (κ2) is 4.58. The zero-order valence-electron chi connectivity index (χ0n) is 10.1. The van der Waals surface area contributed by atoms with Crippen molar-refractivity contribution in [2.45, 2.75) is 39.5 Å². The second-order valence-corrected chi connectivity index (χ2v) is 5.62. The van der Waals surface area contributed by atoms with E-state index in [1.165, 1.54) is 5.56 Å². The molecule has 0 aliphatic carbocycles. The van der Waals surface area contributed by atoms with Gasteiger partial charge in [0.05, 0.1) is 6.42 Å². The topological polar surface area (TPSA) is 37.3 Å². The number of benzene rings is 1. The summed E-state index contributed by atoms with van der Waals surface area (Å²) >= 11 is 3.54. The van der Waals surface area contributed by atoms with Crippen molar-refractivity contribution in [2.75, 3.05) is 0 Å². The van der Waals surface area contributed by atoms with Crippen molar-refractivity contribution in [2.24, 2.45) is 0 Å². The molecule has 2 nitrogen and oxygen atoms in total. The first-order chi connectivity index (χ1) is 7.25. The van der Waals surface area contributed by atoms with Gasteiger partial charge in [-0.05, 0) is 30.5 Å². The van der Waals surface area contributed by atoms with Crippen LogP contribution in [0.3, 0.4) is 0 Å². The van der Waals surface area contributed by atoms with E-state index in [9.17, 15) is 4.79 Å². The van der Waals surface area contributed by atoms with Gasteiger partial charge < -0.3 is 5.11 Å². The highest BCUT2D eigenvalue weighted by molar-refractivity contribution is 9.10. The Morgan fingerprint density at radius 3 is 2.44 bits per heavy atom. The van der Waals surface area contributed by atoms with Crippen LogP contribution in [-0.4, -0.2) is 11.1 Å². The molecule has 0 bridgehead atoms. The Morgan fingerprint density at radius 2 is 1.94 bits per heavy atom. The first-order valence-corrected chi connectivity index (χ1v) is 6.03. The average molecular weight is 285 g/mol. The van der Waals surface area contributed by atoms with Gasteiger partial charge in [0.2, 0.25) is 0 Å². The van der Waals surface area contributed by atoms with E-state index in [0.717, 1.165) is 15.6 Å². The quantitative estimate of drug-likeness (QED) is 0.916. The molecule has 0 spiro atoms. The van der Waals surface area contributed by atoms with Crippen LogP contribution in [0.5, 0.6) is 0 Å². The number of hydrogen-bond donors (Lipinski definition) is 1. The molecule has 1 aromatic rings. The number of carboxylic acid groups (broad SMARTS) is 1. The van der Waals surface area contributed by atoms with Crippen LogP contribution in [0.15, 0.2) is 16.6 Å². The molecule has 0 atom stereocenters. The van der Waals surface area contributed by atoms with Gasteiger partial charge in [0.15, 0.2) is 0 Å². The molecule has 1 N–H and O–H groups in total. The molecule has 0 aliphatic heterocycles. The third-order valence-electron chi connectivity index (χ3n) is 2.90. The molecule has 0 unspecified atom stereocenters. The summed E-state index contributed by atoms with van der Waals surface area (Å²) in [6.45, 7) is 7.98. The molecule has 1 aromatic carbocycles. The van der Waals surface area contributed by atoms with Crippen molar-refractivity contribution in [3.05, 3.63) is 33.3 Å². The van der Waals surface area contributed by atoms with E-state index in [1.54, 1.807) is 0 Å². The maximum absolute atomic E-state index is 10.8. The molecule has 88 valence electrons. The van der Waals surface area contributed by atoms with Crippen LogP contribution < -0.4 is 0 Å². The van der Waals surface area contributed by atoms with Crippen LogP contribution >= 0.6 is 15.9 Å². The number of rotatable bonds is 3. The van der Waals surface area contributed by atoms with Crippen LogP contribution in [0, 0.1) is 13.8 Å². The first-order valence-electron chi connectivity index (χ1n) is 5.23. The fourth-order valence-corrected chi connectivity index (χ4v) is 2.37. The highest BCUT2D eigenvalue weighted by Gasteiger charge is 2.26. The number of aliphatic carboxylic acids is 1. The van der Waals surface area contributed by atoms with Gasteiger partial charge in [-0.15, -0.1) is 0 Å². The van der Waals surface area contributed by atoms with Gasteiger partial charge in [-0.25, -0.2) is 0 Å². The minimum absolute atomic E-state index is 0.142. The van der Waals surface area contributed by atoms with E-state index in [4.69, 9.17) is 5.11 Å². The lowest BCUT2D eigenvalue weighted by Gasteiger charge is -2.26. The molecule has 0 saturated carbocycles. The standard InChI is InChI=1S/C13H17BrO2/c1-8-5-6-10(9(2)12(8)14)13(3,4)7-11(15)16/h5-6H,7H2,1-4H3,(H,15,16). The third kappa shape index (κ3) is 2.64. The van der Waals surface area contributed by atoms with Crippen molar-refractivity contribution in [1.82, 2.24) is 0 Å². The first kappa shape index (κ1) is 13.2. The van der Waals surface area contributed by atoms with Crippen LogP contribution in [0.4, 0.5) is 0 Å². The van der Waals surface area contributed by atoms with Crippen LogP contribution in [0.1, 0.15) is 37.0 Å². The number of carbonyl (C=O) groups is 1. The highest BCUT2D eigenvalue weighted by atomic mass is 79.9. The highest BCUT2D eigenvalue weighted by Crippen LogP contribution is 2.34. The number of carboxylic acids is 1. The molecule has 3 heteroatoms. The Balaban J connectivity index is 3.23. The summed E-state index contributed by atoms with van der Waals surface area (Å²) < 4.78 is 1.07. The van der Waals surface area contributed by atoms with Gasteiger partial charge in [-0.3, -0.25) is 4.79 Å². The smallest absolute Gasteiger partial charge is 0.304 e. The molecule has 1 rings (SSSR count). The lowest BCUT2D eigenvalue weighted by Crippen LogP contribution is -2.23. The van der Waals surface area contributed by atoms with Crippen molar-refractivity contribution < 1.29 is 9.90 Å². The summed E-state index contributed by atoms with van der Waals surface area (Å²) in [7, 11) is 0. The van der Waals surface area contributed by atoms with E-state index < -0.39 is 5.97 Å². The van der Waals surface area contributed by atoms with E-state index in [1.807, 2.05) is 39.8 Å². The summed E-state index contributed by atoms with van der Waals surface area (Å²) in [4.78, 5) is 10.8. The second-order valence-electron chi connectivity index (χ2n) is 4.82. The number of aryl methyl sites for hydroxylation is 1. The zero-order chi connectivity index (χ0) is 12.5. The summed E-state index contributed by atoms with van der Waals surface area (Å²) in [6.07, 6.45) is 0.142. The molecule has 0 fully saturated rings. The molecule has 16 heavy (non-hydrogen) atoms. The van der Waals surface area contributed by atoms with E-state index >= 15 is 0 Å². The maximum Gasteiger partial charge on any atom is 0.304 e. The summed E-state index contributed by atoms with van der Waals surface area (Å²) in [5.41, 5.74) is 3.05. The third-order valence-corrected chi connectivity index (χ3v) is 4.12. The summed E-state index contributed by atoms with van der Waals surface area (Å²) in [5.74, 6) is -0.763. The maximum atomic E-state index is 10.8. The van der Waals surface area contributed by atoms with Crippen molar-refractivity contribution >= 4 is 21.9 Å².